The van der Waals surface area contributed by atoms with Crippen molar-refractivity contribution in [1.29, 1.82) is 5.26 Å². The average molecular weight is 257 g/mol. The zero-order valence-electron chi connectivity index (χ0n) is 8.89. The topological polar surface area (TPSA) is 106 Å². The van der Waals surface area contributed by atoms with E-state index in [1.165, 1.54) is 6.07 Å². The number of nitrogens with zero attached hydrogens (tertiary/aromatic N) is 3. The summed E-state index contributed by atoms with van der Waals surface area (Å²) in [6.07, 6.45) is -2.65. The summed E-state index contributed by atoms with van der Waals surface area (Å²) < 4.78 is 29.7. The van der Waals surface area contributed by atoms with Gasteiger partial charge in [0.25, 0.3) is 12.1 Å². The van der Waals surface area contributed by atoms with Crippen LogP contribution in [-0.2, 0) is 4.74 Å². The summed E-state index contributed by atoms with van der Waals surface area (Å²) in [5.74, 6) is -1.18. The first-order valence-corrected chi connectivity index (χ1v) is 4.37. The molecule has 0 aliphatic carbocycles. The number of pyridine rings is 1. The third-order valence-corrected chi connectivity index (χ3v) is 2.00. The van der Waals surface area contributed by atoms with E-state index in [0.717, 1.165) is 7.11 Å². The van der Waals surface area contributed by atoms with Gasteiger partial charge in [-0.25, -0.2) is 18.6 Å². The first-order valence-electron chi connectivity index (χ1n) is 4.37. The zero-order chi connectivity index (χ0) is 13.9. The normalized spacial score (nSPS) is 9.94. The number of nitriles is 1. The van der Waals surface area contributed by atoms with Crippen molar-refractivity contribution in [2.24, 2.45) is 0 Å². The summed E-state index contributed by atoms with van der Waals surface area (Å²) in [5, 5.41) is 19.3. The maximum Gasteiger partial charge on any atom is 0.346 e. The van der Waals surface area contributed by atoms with Crippen molar-refractivity contribution in [1.82, 2.24) is 4.98 Å². The van der Waals surface area contributed by atoms with E-state index < -0.39 is 39.8 Å². The van der Waals surface area contributed by atoms with Crippen LogP contribution in [0.15, 0.2) is 6.20 Å². The van der Waals surface area contributed by atoms with Crippen LogP contribution in [0.25, 0.3) is 0 Å². The SMILES string of the molecule is COC(=O)c1cnc(C#N)c(C(F)F)c1[N+](=O)[O-]. The number of methoxy groups -OCH3 is 1. The monoisotopic (exact) mass is 257 g/mol. The first kappa shape index (κ1) is 13.4. The summed E-state index contributed by atoms with van der Waals surface area (Å²) in [4.78, 5) is 24.1. The number of hydrogen-bond acceptors (Lipinski definition) is 6. The molecule has 1 rings (SSSR count). The highest BCUT2D eigenvalue weighted by molar-refractivity contribution is 5.94. The smallest absolute Gasteiger partial charge is 0.346 e. The molecular formula is C9H5F2N3O4. The average Bonchev–Trinajstić information content (AvgIpc) is 2.35. The fraction of sp³-hybridized carbons (Fsp3) is 0.222. The number of hydrogen-bond donors (Lipinski definition) is 0. The maximum atomic E-state index is 12.7. The number of aromatic nitrogens is 1. The third-order valence-electron chi connectivity index (χ3n) is 2.00. The first-order chi connectivity index (χ1) is 8.43. The molecule has 7 nitrogen and oxygen atoms in total. The second-order valence-electron chi connectivity index (χ2n) is 2.94. The summed E-state index contributed by atoms with van der Waals surface area (Å²) in [7, 11) is 0.937. The van der Waals surface area contributed by atoms with Gasteiger partial charge in [-0.05, 0) is 0 Å². The lowest BCUT2D eigenvalue weighted by Crippen LogP contribution is -2.11. The minimum atomic E-state index is -3.31. The van der Waals surface area contributed by atoms with Crippen molar-refractivity contribution in [2.45, 2.75) is 6.43 Å². The van der Waals surface area contributed by atoms with Crippen molar-refractivity contribution in [3.8, 4) is 6.07 Å². The molecule has 0 atom stereocenters. The van der Waals surface area contributed by atoms with Crippen molar-refractivity contribution in [3.63, 3.8) is 0 Å². The van der Waals surface area contributed by atoms with Gasteiger partial charge in [-0.15, -0.1) is 0 Å². The number of nitro groups is 1. The minimum Gasteiger partial charge on any atom is -0.465 e. The van der Waals surface area contributed by atoms with Gasteiger partial charge in [0.15, 0.2) is 11.3 Å². The van der Waals surface area contributed by atoms with E-state index in [-0.39, 0.29) is 0 Å². The molecule has 0 amide bonds. The van der Waals surface area contributed by atoms with Gasteiger partial charge in [-0.2, -0.15) is 5.26 Å². The van der Waals surface area contributed by atoms with Gasteiger partial charge in [-0.1, -0.05) is 0 Å². The molecule has 0 aliphatic rings. The Balaban J connectivity index is 3.69. The number of rotatable bonds is 3. The highest BCUT2D eigenvalue weighted by atomic mass is 19.3. The van der Waals surface area contributed by atoms with Gasteiger partial charge in [-0.3, -0.25) is 10.1 Å². The summed E-state index contributed by atoms with van der Waals surface area (Å²) in [6.45, 7) is 0. The fourth-order valence-corrected chi connectivity index (χ4v) is 1.27. The summed E-state index contributed by atoms with van der Waals surface area (Å²) >= 11 is 0. The standard InChI is InChI=1S/C9H5F2N3O4/c1-18-9(15)4-3-13-5(2-12)6(8(10)11)7(4)14(16)17/h3,8H,1H3. The molecule has 0 saturated carbocycles. The molecule has 1 aromatic rings. The second-order valence-corrected chi connectivity index (χ2v) is 2.94. The minimum absolute atomic E-state index is 0.661. The van der Waals surface area contributed by atoms with Crippen molar-refractivity contribution < 1.29 is 23.2 Å². The molecule has 9 heteroatoms. The van der Waals surface area contributed by atoms with Crippen LogP contribution in [0.2, 0.25) is 0 Å². The Hall–Kier alpha value is -2.63. The van der Waals surface area contributed by atoms with E-state index >= 15 is 0 Å². The molecule has 0 N–H and O–H groups in total. The quantitative estimate of drug-likeness (QED) is 0.462. The lowest BCUT2D eigenvalue weighted by molar-refractivity contribution is -0.386. The van der Waals surface area contributed by atoms with Gasteiger partial charge < -0.3 is 4.74 Å². The molecule has 94 valence electrons. The molecule has 0 aliphatic heterocycles. The van der Waals surface area contributed by atoms with Crippen molar-refractivity contribution in [2.75, 3.05) is 7.11 Å². The number of carbonyl (C=O) groups is 1. The Morgan fingerprint density at radius 1 is 1.67 bits per heavy atom. The Morgan fingerprint density at radius 2 is 2.28 bits per heavy atom. The number of ether oxygens (including phenoxy) is 1. The van der Waals surface area contributed by atoms with Crippen LogP contribution in [0.5, 0.6) is 0 Å². The molecular weight excluding hydrogens is 252 g/mol. The van der Waals surface area contributed by atoms with Crippen LogP contribution in [0.4, 0.5) is 14.5 Å². The van der Waals surface area contributed by atoms with E-state index in [2.05, 4.69) is 9.72 Å². The van der Waals surface area contributed by atoms with Crippen molar-refractivity contribution >= 4 is 11.7 Å². The molecule has 18 heavy (non-hydrogen) atoms. The molecule has 0 spiro atoms. The lowest BCUT2D eigenvalue weighted by atomic mass is 10.1. The fourth-order valence-electron chi connectivity index (χ4n) is 1.27. The van der Waals surface area contributed by atoms with Crippen LogP contribution in [0.3, 0.4) is 0 Å². The number of alkyl halides is 2. The van der Waals surface area contributed by atoms with Gasteiger partial charge in [0.2, 0.25) is 0 Å². The van der Waals surface area contributed by atoms with Crippen LogP contribution in [0.1, 0.15) is 28.0 Å². The summed E-state index contributed by atoms with van der Waals surface area (Å²) in [6, 6.07) is 1.31. The number of esters is 1. The molecule has 0 saturated heterocycles. The van der Waals surface area contributed by atoms with Gasteiger partial charge >= 0.3 is 5.97 Å². The Morgan fingerprint density at radius 3 is 2.67 bits per heavy atom. The Bertz CT molecular complexity index is 553. The van der Waals surface area contributed by atoms with E-state index in [1.807, 2.05) is 0 Å². The number of halogens is 2. The van der Waals surface area contributed by atoms with E-state index in [4.69, 9.17) is 5.26 Å². The molecule has 1 aromatic heterocycles. The van der Waals surface area contributed by atoms with Crippen molar-refractivity contribution in [3.05, 3.63) is 33.1 Å². The zero-order valence-corrected chi connectivity index (χ0v) is 8.89. The number of carbonyl (C=O) groups excluding carboxylic acids is 1. The molecule has 0 bridgehead atoms. The van der Waals surface area contributed by atoms with Crippen LogP contribution in [0, 0.1) is 21.4 Å². The van der Waals surface area contributed by atoms with Crippen LogP contribution in [-0.4, -0.2) is 23.0 Å². The third kappa shape index (κ3) is 2.22. The van der Waals surface area contributed by atoms with E-state index in [9.17, 15) is 23.7 Å². The van der Waals surface area contributed by atoms with Crippen LogP contribution >= 0.6 is 0 Å². The van der Waals surface area contributed by atoms with E-state index in [1.54, 1.807) is 0 Å². The Labute approximate surface area is 98.8 Å². The highest BCUT2D eigenvalue weighted by Crippen LogP contribution is 2.33. The highest BCUT2D eigenvalue weighted by Gasteiger charge is 2.33. The predicted octanol–water partition coefficient (Wildman–Crippen LogP) is 1.59. The van der Waals surface area contributed by atoms with Crippen LogP contribution < -0.4 is 0 Å². The van der Waals surface area contributed by atoms with E-state index in [0.29, 0.717) is 6.20 Å². The largest absolute Gasteiger partial charge is 0.465 e. The molecule has 0 aromatic carbocycles. The van der Waals surface area contributed by atoms with Gasteiger partial charge in [0.1, 0.15) is 11.6 Å². The lowest BCUT2D eigenvalue weighted by Gasteiger charge is -2.06. The molecule has 0 unspecified atom stereocenters. The molecule has 0 radical (unpaired) electrons. The predicted molar refractivity (Wildman–Crippen MR) is 51.9 cm³/mol. The summed E-state index contributed by atoms with van der Waals surface area (Å²) in [5.41, 5.74) is -3.88. The van der Waals surface area contributed by atoms with Gasteiger partial charge in [0, 0.05) is 6.20 Å². The Kier molecular flexibility index (Phi) is 3.83. The molecule has 1 heterocycles. The van der Waals surface area contributed by atoms with Gasteiger partial charge in [0.05, 0.1) is 12.0 Å². The second kappa shape index (κ2) is 5.13. The maximum absolute atomic E-state index is 12.7. The molecule has 0 fully saturated rings.